The van der Waals surface area contributed by atoms with Crippen LogP contribution < -0.4 is 15.8 Å². The van der Waals surface area contributed by atoms with Crippen molar-refractivity contribution in [3.8, 4) is 0 Å². The van der Waals surface area contributed by atoms with Crippen LogP contribution in [0.1, 0.15) is 40.0 Å². The third-order valence-electron chi connectivity index (χ3n) is 5.91. The van der Waals surface area contributed by atoms with E-state index in [4.69, 9.17) is 4.74 Å². The lowest BCUT2D eigenvalue weighted by Crippen LogP contribution is -2.43. The number of anilines is 1. The van der Waals surface area contributed by atoms with Crippen LogP contribution in [0.4, 0.5) is 10.1 Å². The van der Waals surface area contributed by atoms with Crippen molar-refractivity contribution in [2.24, 2.45) is 0 Å². The highest BCUT2D eigenvalue weighted by molar-refractivity contribution is 7.89. The molecule has 2 saturated heterocycles. The van der Waals surface area contributed by atoms with E-state index in [0.717, 1.165) is 44.5 Å². The summed E-state index contributed by atoms with van der Waals surface area (Å²) in [6.45, 7) is 2.61. The molecule has 4 rings (SSSR count). The van der Waals surface area contributed by atoms with Gasteiger partial charge in [-0.05, 0) is 61.7 Å². The Kier molecular flexibility index (Phi) is 7.44. The number of carbonyl (C=O) groups excluding carboxylic acids is 2. The molecule has 0 unspecified atom stereocenters. The van der Waals surface area contributed by atoms with E-state index in [1.807, 2.05) is 4.90 Å². The molecule has 2 amide bonds. The lowest BCUT2D eigenvalue weighted by atomic mass is 10.1. The molecule has 0 saturated carbocycles. The summed E-state index contributed by atoms with van der Waals surface area (Å²) in [6, 6.07) is 9.40. The molecular weight excluding hydrogens is 463 g/mol. The molecule has 182 valence electrons. The normalized spacial score (nSPS) is 17.3. The summed E-state index contributed by atoms with van der Waals surface area (Å²) in [6.07, 6.45) is 3.03. The Morgan fingerprint density at radius 3 is 2.18 bits per heavy atom. The van der Waals surface area contributed by atoms with Crippen LogP contribution >= 0.6 is 0 Å². The summed E-state index contributed by atoms with van der Waals surface area (Å²) in [5.74, 6) is -1.75. The van der Waals surface area contributed by atoms with E-state index in [2.05, 4.69) is 10.9 Å². The van der Waals surface area contributed by atoms with Crippen molar-refractivity contribution < 1.29 is 27.1 Å². The van der Waals surface area contributed by atoms with Gasteiger partial charge < -0.3 is 9.64 Å². The van der Waals surface area contributed by atoms with Gasteiger partial charge in [-0.15, -0.1) is 0 Å². The topological polar surface area (TPSA) is 108 Å². The first-order valence-electron chi connectivity index (χ1n) is 11.2. The summed E-state index contributed by atoms with van der Waals surface area (Å²) in [5, 5.41) is 0. The molecule has 0 radical (unpaired) electrons. The van der Waals surface area contributed by atoms with Crippen molar-refractivity contribution in [3.63, 3.8) is 0 Å². The van der Waals surface area contributed by atoms with Gasteiger partial charge in [0.25, 0.3) is 11.8 Å². The zero-order valence-corrected chi connectivity index (χ0v) is 19.4. The number of sulfonamides is 1. The van der Waals surface area contributed by atoms with E-state index in [1.165, 1.54) is 28.6 Å². The first kappa shape index (κ1) is 24.1. The smallest absolute Gasteiger partial charge is 0.271 e. The number of ether oxygens (including phenoxy) is 1. The third-order valence-corrected chi connectivity index (χ3v) is 7.81. The summed E-state index contributed by atoms with van der Waals surface area (Å²) >= 11 is 0. The zero-order chi connectivity index (χ0) is 24.1. The number of carbonyl (C=O) groups is 2. The molecule has 9 nitrogen and oxygen atoms in total. The van der Waals surface area contributed by atoms with Gasteiger partial charge in [0, 0.05) is 37.4 Å². The number of piperidine rings is 1. The summed E-state index contributed by atoms with van der Waals surface area (Å²) in [4.78, 5) is 27.5. The molecule has 11 heteroatoms. The second kappa shape index (κ2) is 10.5. The van der Waals surface area contributed by atoms with E-state index in [-0.39, 0.29) is 29.1 Å². The average Bonchev–Trinajstić information content (AvgIpc) is 2.88. The fourth-order valence-electron chi connectivity index (χ4n) is 4.06. The molecule has 0 spiro atoms. The maximum Gasteiger partial charge on any atom is 0.271 e. The second-order valence-corrected chi connectivity index (χ2v) is 10.1. The van der Waals surface area contributed by atoms with Crippen molar-refractivity contribution in [1.29, 1.82) is 0 Å². The van der Waals surface area contributed by atoms with Gasteiger partial charge in [-0.3, -0.25) is 20.4 Å². The predicted molar refractivity (Wildman–Crippen MR) is 123 cm³/mol. The van der Waals surface area contributed by atoms with Gasteiger partial charge in [0.2, 0.25) is 10.0 Å². The van der Waals surface area contributed by atoms with Crippen molar-refractivity contribution in [2.75, 3.05) is 44.3 Å². The van der Waals surface area contributed by atoms with E-state index >= 15 is 0 Å². The Hall–Kier alpha value is -3.02. The molecule has 2 aliphatic heterocycles. The number of amides is 2. The molecule has 2 fully saturated rings. The maximum atomic E-state index is 13.2. The van der Waals surface area contributed by atoms with Crippen LogP contribution in [-0.4, -0.2) is 63.9 Å². The number of hydrazine groups is 1. The Balaban J connectivity index is 1.59. The van der Waals surface area contributed by atoms with E-state index < -0.39 is 27.7 Å². The van der Waals surface area contributed by atoms with Gasteiger partial charge in [-0.2, -0.15) is 4.31 Å². The van der Waals surface area contributed by atoms with Gasteiger partial charge in [0.1, 0.15) is 5.82 Å². The lowest BCUT2D eigenvalue weighted by molar-refractivity contribution is 0.0730. The quantitative estimate of drug-likeness (QED) is 0.620. The number of nitrogens with one attached hydrogen (secondary N) is 2. The number of morpholine rings is 1. The zero-order valence-electron chi connectivity index (χ0n) is 18.6. The van der Waals surface area contributed by atoms with E-state index in [1.54, 1.807) is 6.07 Å². The van der Waals surface area contributed by atoms with Crippen LogP contribution in [0.15, 0.2) is 47.4 Å². The molecule has 0 aliphatic carbocycles. The SMILES string of the molecule is O=C(NNC(=O)c1cc(S(=O)(=O)N2CCOCC2)ccc1N1CCCCC1)c1ccc(F)cc1. The second-order valence-electron chi connectivity index (χ2n) is 8.16. The minimum Gasteiger partial charge on any atom is -0.379 e. The Morgan fingerprint density at radius 1 is 0.853 bits per heavy atom. The molecule has 2 aliphatic rings. The fraction of sp³-hybridized carbons (Fsp3) is 0.391. The van der Waals surface area contributed by atoms with Crippen LogP contribution in [0.5, 0.6) is 0 Å². The van der Waals surface area contributed by atoms with Crippen molar-refractivity contribution in [1.82, 2.24) is 15.2 Å². The number of halogens is 1. The third kappa shape index (κ3) is 5.37. The summed E-state index contributed by atoms with van der Waals surface area (Å²) in [7, 11) is -3.81. The summed E-state index contributed by atoms with van der Waals surface area (Å²) in [5.41, 5.74) is 5.60. The molecule has 0 bridgehead atoms. The standard InChI is InChI=1S/C23H27FN4O5S/c24-18-6-4-17(5-7-18)22(29)25-26-23(30)20-16-19(34(31,32)28-12-14-33-15-13-28)8-9-21(20)27-10-2-1-3-11-27/h4-9,16H,1-3,10-15H2,(H,25,29)(H,26,30). The van der Waals surface area contributed by atoms with E-state index in [0.29, 0.717) is 18.9 Å². The van der Waals surface area contributed by atoms with Gasteiger partial charge >= 0.3 is 0 Å². The first-order chi connectivity index (χ1) is 16.4. The Bertz CT molecular complexity index is 1140. The summed E-state index contributed by atoms with van der Waals surface area (Å²) < 4.78 is 46.0. The Labute approximate surface area is 197 Å². The number of rotatable bonds is 5. The number of hydrogen-bond donors (Lipinski definition) is 2. The van der Waals surface area contributed by atoms with Crippen LogP contribution in [0.25, 0.3) is 0 Å². The van der Waals surface area contributed by atoms with Gasteiger partial charge in [0.05, 0.1) is 23.7 Å². The molecular formula is C23H27FN4O5S. The molecule has 34 heavy (non-hydrogen) atoms. The number of hydrogen-bond acceptors (Lipinski definition) is 6. The molecule has 2 aromatic carbocycles. The number of nitrogens with zero attached hydrogens (tertiary/aromatic N) is 2. The van der Waals surface area contributed by atoms with Crippen LogP contribution in [0, 0.1) is 5.82 Å². The van der Waals surface area contributed by atoms with Crippen LogP contribution in [0.3, 0.4) is 0 Å². The van der Waals surface area contributed by atoms with Gasteiger partial charge in [0.15, 0.2) is 0 Å². The largest absolute Gasteiger partial charge is 0.379 e. The van der Waals surface area contributed by atoms with Crippen LogP contribution in [-0.2, 0) is 14.8 Å². The molecule has 0 aromatic heterocycles. The van der Waals surface area contributed by atoms with Crippen molar-refractivity contribution >= 4 is 27.5 Å². The minimum atomic E-state index is -3.81. The maximum absolute atomic E-state index is 13.2. The molecule has 2 aromatic rings. The van der Waals surface area contributed by atoms with Gasteiger partial charge in [-0.25, -0.2) is 12.8 Å². The number of benzene rings is 2. The highest BCUT2D eigenvalue weighted by Crippen LogP contribution is 2.28. The first-order valence-corrected chi connectivity index (χ1v) is 12.6. The van der Waals surface area contributed by atoms with Gasteiger partial charge in [-0.1, -0.05) is 0 Å². The van der Waals surface area contributed by atoms with E-state index in [9.17, 15) is 22.4 Å². The van der Waals surface area contributed by atoms with Crippen LogP contribution in [0.2, 0.25) is 0 Å². The van der Waals surface area contributed by atoms with Crippen molar-refractivity contribution in [2.45, 2.75) is 24.2 Å². The fourth-order valence-corrected chi connectivity index (χ4v) is 5.49. The lowest BCUT2D eigenvalue weighted by Gasteiger charge is -2.31. The molecule has 2 N–H and O–H groups in total. The van der Waals surface area contributed by atoms with Crippen molar-refractivity contribution in [3.05, 3.63) is 59.4 Å². The minimum absolute atomic E-state index is 0.00479. The molecule has 2 heterocycles. The predicted octanol–water partition coefficient (Wildman–Crippen LogP) is 1.91. The monoisotopic (exact) mass is 490 g/mol. The highest BCUT2D eigenvalue weighted by atomic mass is 32.2. The average molecular weight is 491 g/mol. The molecule has 0 atom stereocenters. The Morgan fingerprint density at radius 2 is 1.50 bits per heavy atom. The highest BCUT2D eigenvalue weighted by Gasteiger charge is 2.29.